The van der Waals surface area contributed by atoms with Crippen molar-refractivity contribution in [3.8, 4) is 0 Å². The summed E-state index contributed by atoms with van der Waals surface area (Å²) in [4.78, 5) is 11.8. The van der Waals surface area contributed by atoms with E-state index < -0.39 is 34.5 Å². The lowest BCUT2D eigenvalue weighted by molar-refractivity contribution is -0.153. The van der Waals surface area contributed by atoms with Crippen molar-refractivity contribution < 1.29 is 18.0 Å². The van der Waals surface area contributed by atoms with E-state index in [-0.39, 0.29) is 5.56 Å². The molecule has 1 aromatic rings. The molecule has 0 radical (unpaired) electrons. The van der Waals surface area contributed by atoms with E-state index in [9.17, 15) is 18.0 Å². The lowest BCUT2D eigenvalue weighted by Gasteiger charge is -2.25. The Morgan fingerprint density at radius 2 is 1.79 bits per heavy atom. The molecule has 0 aromatic heterocycles. The van der Waals surface area contributed by atoms with Crippen molar-refractivity contribution in [3.63, 3.8) is 0 Å². The Morgan fingerprint density at radius 1 is 1.26 bits per heavy atom. The number of benzene rings is 1. The van der Waals surface area contributed by atoms with Crippen LogP contribution in [0.2, 0.25) is 0 Å². The highest BCUT2D eigenvalue weighted by atomic mass is 19.3. The lowest BCUT2D eigenvalue weighted by atomic mass is 9.84. The summed E-state index contributed by atoms with van der Waals surface area (Å²) in [5.74, 6) is -6.30. The molecule has 1 atom stereocenters. The Morgan fingerprint density at radius 3 is 2.21 bits per heavy atom. The molecule has 0 bridgehead atoms. The number of halogens is 3. The summed E-state index contributed by atoms with van der Waals surface area (Å²) in [5.41, 5.74) is 3.31. The fourth-order valence-corrected chi connectivity index (χ4v) is 1.74. The third-order valence-corrected chi connectivity index (χ3v) is 2.82. The van der Waals surface area contributed by atoms with Crippen LogP contribution in [-0.4, -0.2) is 5.78 Å². The minimum atomic E-state index is -3.87. The number of ketones is 1. The van der Waals surface area contributed by atoms with Gasteiger partial charge in [-0.25, -0.2) is 4.39 Å². The van der Waals surface area contributed by atoms with Gasteiger partial charge in [-0.15, -0.1) is 0 Å². The summed E-state index contributed by atoms with van der Waals surface area (Å²) in [7, 11) is 0. The topological polar surface area (TPSA) is 43.1 Å². The summed E-state index contributed by atoms with van der Waals surface area (Å²) in [6, 6.07) is 2.81. The maximum atomic E-state index is 14.1. The van der Waals surface area contributed by atoms with Crippen LogP contribution in [0.1, 0.15) is 44.9 Å². The zero-order valence-corrected chi connectivity index (χ0v) is 11.4. The van der Waals surface area contributed by atoms with Crippen LogP contribution >= 0.6 is 0 Å². The highest BCUT2D eigenvalue weighted by Gasteiger charge is 2.48. The molecular formula is C14H18F3NO. The number of alkyl halides is 2. The molecule has 1 rings (SSSR count). The lowest BCUT2D eigenvalue weighted by Crippen LogP contribution is -2.37. The molecule has 0 fully saturated rings. The van der Waals surface area contributed by atoms with Crippen molar-refractivity contribution in [3.05, 3.63) is 35.1 Å². The van der Waals surface area contributed by atoms with E-state index in [2.05, 4.69) is 0 Å². The number of hydrogen-bond acceptors (Lipinski definition) is 2. The Kier molecular flexibility index (Phi) is 4.10. The standard InChI is InChI=1S/C14H18F3NO/c1-8(18)9-6-5-7-10(11(9)15)14(16,17)12(19)13(2,3)4/h5-8H,18H2,1-4H3/t8-/m1/s1. The van der Waals surface area contributed by atoms with E-state index >= 15 is 0 Å². The summed E-state index contributed by atoms with van der Waals surface area (Å²) in [5, 5.41) is 0. The molecule has 2 nitrogen and oxygen atoms in total. The Labute approximate surface area is 110 Å². The Hall–Kier alpha value is -1.36. The van der Waals surface area contributed by atoms with Gasteiger partial charge in [0, 0.05) is 17.0 Å². The molecule has 0 saturated carbocycles. The highest BCUT2D eigenvalue weighted by molar-refractivity contribution is 5.91. The maximum absolute atomic E-state index is 14.1. The average molecular weight is 273 g/mol. The molecule has 106 valence electrons. The molecular weight excluding hydrogens is 255 g/mol. The van der Waals surface area contributed by atoms with Gasteiger partial charge in [0.1, 0.15) is 5.82 Å². The summed E-state index contributed by atoms with van der Waals surface area (Å²) in [6.07, 6.45) is 0. The van der Waals surface area contributed by atoms with E-state index in [1.807, 2.05) is 0 Å². The van der Waals surface area contributed by atoms with Crippen molar-refractivity contribution in [1.29, 1.82) is 0 Å². The molecule has 0 unspecified atom stereocenters. The second-order valence-corrected chi connectivity index (χ2v) is 5.65. The number of rotatable bonds is 3. The van der Waals surface area contributed by atoms with Gasteiger partial charge in [-0.05, 0) is 13.0 Å². The van der Waals surface area contributed by atoms with Crippen molar-refractivity contribution in [1.82, 2.24) is 0 Å². The molecule has 0 aliphatic rings. The first-order chi connectivity index (χ1) is 8.49. The van der Waals surface area contributed by atoms with E-state index in [0.29, 0.717) is 0 Å². The average Bonchev–Trinajstić information content (AvgIpc) is 2.26. The van der Waals surface area contributed by atoms with Gasteiger partial charge in [-0.1, -0.05) is 32.9 Å². The van der Waals surface area contributed by atoms with Gasteiger partial charge >= 0.3 is 5.92 Å². The van der Waals surface area contributed by atoms with Gasteiger partial charge in [-0.3, -0.25) is 4.79 Å². The highest BCUT2D eigenvalue weighted by Crippen LogP contribution is 2.38. The first-order valence-electron chi connectivity index (χ1n) is 5.96. The number of carbonyl (C=O) groups is 1. The molecule has 0 saturated heterocycles. The third kappa shape index (κ3) is 2.97. The van der Waals surface area contributed by atoms with Crippen molar-refractivity contribution in [2.45, 2.75) is 39.7 Å². The van der Waals surface area contributed by atoms with Crippen LogP contribution < -0.4 is 5.73 Å². The van der Waals surface area contributed by atoms with E-state index in [0.717, 1.165) is 6.07 Å². The molecule has 1 aromatic carbocycles. The van der Waals surface area contributed by atoms with Gasteiger partial charge in [0.05, 0.1) is 5.56 Å². The Balaban J connectivity index is 3.38. The molecule has 19 heavy (non-hydrogen) atoms. The van der Waals surface area contributed by atoms with Crippen LogP contribution in [0, 0.1) is 11.2 Å². The minimum Gasteiger partial charge on any atom is -0.324 e. The largest absolute Gasteiger partial charge is 0.333 e. The van der Waals surface area contributed by atoms with Crippen LogP contribution in [0.4, 0.5) is 13.2 Å². The number of Topliss-reactive ketones (excluding diaryl/α,β-unsaturated/α-hetero) is 1. The predicted molar refractivity (Wildman–Crippen MR) is 67.4 cm³/mol. The fraction of sp³-hybridized carbons (Fsp3) is 0.500. The smallest absolute Gasteiger partial charge is 0.324 e. The van der Waals surface area contributed by atoms with Crippen LogP contribution in [0.15, 0.2) is 18.2 Å². The summed E-state index contributed by atoms with van der Waals surface area (Å²) in [6.45, 7) is 5.61. The molecule has 0 heterocycles. The number of carbonyl (C=O) groups excluding carboxylic acids is 1. The first kappa shape index (κ1) is 15.7. The van der Waals surface area contributed by atoms with Gasteiger partial charge in [-0.2, -0.15) is 8.78 Å². The second-order valence-electron chi connectivity index (χ2n) is 5.65. The van der Waals surface area contributed by atoms with Crippen molar-refractivity contribution in [2.75, 3.05) is 0 Å². The van der Waals surface area contributed by atoms with Gasteiger partial charge in [0.25, 0.3) is 0 Å². The van der Waals surface area contributed by atoms with Crippen LogP contribution in [0.5, 0.6) is 0 Å². The van der Waals surface area contributed by atoms with Crippen LogP contribution in [0.3, 0.4) is 0 Å². The van der Waals surface area contributed by atoms with Crippen LogP contribution in [-0.2, 0) is 10.7 Å². The van der Waals surface area contributed by atoms with Gasteiger partial charge < -0.3 is 5.73 Å². The maximum Gasteiger partial charge on any atom is 0.333 e. The van der Waals surface area contributed by atoms with Gasteiger partial charge in [0.15, 0.2) is 0 Å². The van der Waals surface area contributed by atoms with Crippen molar-refractivity contribution in [2.24, 2.45) is 11.1 Å². The zero-order valence-electron chi connectivity index (χ0n) is 11.4. The predicted octanol–water partition coefficient (Wildman–Crippen LogP) is 3.55. The molecule has 5 heteroatoms. The SMILES string of the molecule is C[C@@H](N)c1cccc(C(F)(F)C(=O)C(C)(C)C)c1F. The zero-order chi connectivity index (χ0) is 15.0. The normalized spacial score (nSPS) is 14.3. The Bertz CT molecular complexity index is 490. The number of hydrogen-bond donors (Lipinski definition) is 1. The van der Waals surface area contributed by atoms with Gasteiger partial charge in [0.2, 0.25) is 5.78 Å². The monoisotopic (exact) mass is 273 g/mol. The molecule has 0 amide bonds. The molecule has 2 N–H and O–H groups in total. The van der Waals surface area contributed by atoms with E-state index in [1.165, 1.54) is 39.8 Å². The summed E-state index contributed by atoms with van der Waals surface area (Å²) < 4.78 is 42.3. The quantitative estimate of drug-likeness (QED) is 0.915. The fourth-order valence-electron chi connectivity index (χ4n) is 1.74. The molecule has 0 spiro atoms. The summed E-state index contributed by atoms with van der Waals surface area (Å²) >= 11 is 0. The molecule has 0 aliphatic carbocycles. The van der Waals surface area contributed by atoms with Crippen LogP contribution in [0.25, 0.3) is 0 Å². The first-order valence-corrected chi connectivity index (χ1v) is 5.96. The minimum absolute atomic E-state index is 0.0288. The van der Waals surface area contributed by atoms with E-state index in [1.54, 1.807) is 0 Å². The molecule has 0 aliphatic heterocycles. The second kappa shape index (κ2) is 4.96. The third-order valence-electron chi connectivity index (χ3n) is 2.82. The number of nitrogens with two attached hydrogens (primary N) is 1. The van der Waals surface area contributed by atoms with E-state index in [4.69, 9.17) is 5.73 Å². The van der Waals surface area contributed by atoms with Crippen molar-refractivity contribution >= 4 is 5.78 Å².